The van der Waals surface area contributed by atoms with Crippen LogP contribution >= 0.6 is 0 Å². The number of aliphatic hydroxyl groups is 1. The summed E-state index contributed by atoms with van der Waals surface area (Å²) in [6, 6.07) is 5.20. The Hall–Kier alpha value is -0.930. The summed E-state index contributed by atoms with van der Waals surface area (Å²) in [4.78, 5) is 0. The first kappa shape index (κ1) is 14.5. The average molecular weight is 265 g/mol. The molecule has 1 saturated carbocycles. The number of aliphatic hydroxyl groups excluding tert-OH is 1. The zero-order valence-corrected chi connectivity index (χ0v) is 11.7. The van der Waals surface area contributed by atoms with E-state index in [2.05, 4.69) is 5.32 Å². The standard InChI is InChI=1S/C16H24FNO/c1-12-8-9-15(17)14(10-12)16(11-19)18-13-6-4-2-3-5-7-13/h8-10,13,16,18-19H,2-7,11H2,1H3. The number of rotatable bonds is 4. The van der Waals surface area contributed by atoms with Gasteiger partial charge in [-0.05, 0) is 25.8 Å². The van der Waals surface area contributed by atoms with Crippen LogP contribution in [0.2, 0.25) is 0 Å². The van der Waals surface area contributed by atoms with E-state index in [-0.39, 0.29) is 18.5 Å². The predicted molar refractivity (Wildman–Crippen MR) is 75.6 cm³/mol. The van der Waals surface area contributed by atoms with Gasteiger partial charge < -0.3 is 10.4 Å². The number of hydrogen-bond acceptors (Lipinski definition) is 2. The van der Waals surface area contributed by atoms with Crippen molar-refractivity contribution in [2.45, 2.75) is 57.5 Å². The highest BCUT2D eigenvalue weighted by molar-refractivity contribution is 5.27. The molecule has 1 fully saturated rings. The zero-order valence-electron chi connectivity index (χ0n) is 11.7. The van der Waals surface area contributed by atoms with Crippen molar-refractivity contribution in [3.8, 4) is 0 Å². The third-order valence-corrected chi connectivity index (χ3v) is 4.00. The molecule has 0 aliphatic heterocycles. The Kier molecular flexibility index (Phi) is 5.34. The van der Waals surface area contributed by atoms with Crippen LogP contribution in [0.25, 0.3) is 0 Å². The first-order chi connectivity index (χ1) is 9.20. The minimum absolute atomic E-state index is 0.0587. The molecule has 1 aromatic carbocycles. The van der Waals surface area contributed by atoms with Gasteiger partial charge in [-0.2, -0.15) is 0 Å². The minimum atomic E-state index is -0.289. The zero-order chi connectivity index (χ0) is 13.7. The van der Waals surface area contributed by atoms with E-state index in [1.165, 1.54) is 31.7 Å². The molecule has 1 atom stereocenters. The van der Waals surface area contributed by atoms with Crippen molar-refractivity contribution in [1.29, 1.82) is 0 Å². The SMILES string of the molecule is Cc1ccc(F)c(C(CO)NC2CCCCCC2)c1. The summed E-state index contributed by atoms with van der Waals surface area (Å²) >= 11 is 0. The Morgan fingerprint density at radius 1 is 1.26 bits per heavy atom. The van der Waals surface area contributed by atoms with E-state index < -0.39 is 0 Å². The molecule has 2 nitrogen and oxygen atoms in total. The van der Waals surface area contributed by atoms with Gasteiger partial charge in [-0.25, -0.2) is 4.39 Å². The van der Waals surface area contributed by atoms with Crippen LogP contribution in [0.3, 0.4) is 0 Å². The molecule has 19 heavy (non-hydrogen) atoms. The van der Waals surface area contributed by atoms with Crippen molar-refractivity contribution < 1.29 is 9.50 Å². The van der Waals surface area contributed by atoms with E-state index in [9.17, 15) is 9.50 Å². The molecule has 0 aromatic heterocycles. The van der Waals surface area contributed by atoms with Gasteiger partial charge in [0, 0.05) is 11.6 Å². The summed E-state index contributed by atoms with van der Waals surface area (Å²) < 4.78 is 13.9. The molecule has 1 aliphatic rings. The first-order valence-electron chi connectivity index (χ1n) is 7.33. The van der Waals surface area contributed by atoms with Gasteiger partial charge in [-0.15, -0.1) is 0 Å². The molecule has 1 aromatic rings. The molecule has 2 N–H and O–H groups in total. The van der Waals surface area contributed by atoms with Gasteiger partial charge in [0.05, 0.1) is 12.6 Å². The summed E-state index contributed by atoms with van der Waals surface area (Å²) in [6.07, 6.45) is 7.30. The lowest BCUT2D eigenvalue weighted by Crippen LogP contribution is -2.35. The predicted octanol–water partition coefficient (Wildman–Crippen LogP) is 3.48. The molecule has 0 spiro atoms. The van der Waals surface area contributed by atoms with Gasteiger partial charge in [0.1, 0.15) is 5.82 Å². The highest BCUT2D eigenvalue weighted by atomic mass is 19.1. The second kappa shape index (κ2) is 7.01. The van der Waals surface area contributed by atoms with Crippen LogP contribution in [0, 0.1) is 12.7 Å². The van der Waals surface area contributed by atoms with Crippen molar-refractivity contribution in [2.75, 3.05) is 6.61 Å². The van der Waals surface area contributed by atoms with Gasteiger partial charge in [0.25, 0.3) is 0 Å². The number of halogens is 1. The van der Waals surface area contributed by atoms with Crippen molar-refractivity contribution in [1.82, 2.24) is 5.32 Å². The highest BCUT2D eigenvalue weighted by Gasteiger charge is 2.20. The van der Waals surface area contributed by atoms with E-state index in [1.54, 1.807) is 6.07 Å². The number of hydrogen-bond donors (Lipinski definition) is 2. The van der Waals surface area contributed by atoms with E-state index in [0.29, 0.717) is 11.6 Å². The number of aryl methyl sites for hydroxylation is 1. The third kappa shape index (κ3) is 4.02. The molecule has 0 saturated heterocycles. The second-order valence-corrected chi connectivity index (χ2v) is 5.62. The highest BCUT2D eigenvalue weighted by Crippen LogP contribution is 2.23. The van der Waals surface area contributed by atoms with E-state index in [1.807, 2.05) is 13.0 Å². The first-order valence-corrected chi connectivity index (χ1v) is 7.33. The second-order valence-electron chi connectivity index (χ2n) is 5.62. The molecule has 3 heteroatoms. The molecule has 0 amide bonds. The van der Waals surface area contributed by atoms with Crippen LogP contribution in [-0.2, 0) is 0 Å². The van der Waals surface area contributed by atoms with Crippen molar-refractivity contribution in [2.24, 2.45) is 0 Å². The summed E-state index contributed by atoms with van der Waals surface area (Å²) in [5, 5.41) is 13.0. The van der Waals surface area contributed by atoms with Crippen molar-refractivity contribution in [3.63, 3.8) is 0 Å². The van der Waals surface area contributed by atoms with E-state index in [4.69, 9.17) is 0 Å². The lowest BCUT2D eigenvalue weighted by atomic mass is 10.0. The molecule has 0 radical (unpaired) electrons. The van der Waals surface area contributed by atoms with Crippen LogP contribution in [0.4, 0.5) is 4.39 Å². The molecular formula is C16H24FNO. The largest absolute Gasteiger partial charge is 0.394 e. The normalized spacial score (nSPS) is 19.1. The van der Waals surface area contributed by atoms with Crippen molar-refractivity contribution >= 4 is 0 Å². The lowest BCUT2D eigenvalue weighted by Gasteiger charge is -2.24. The van der Waals surface area contributed by atoms with Crippen LogP contribution < -0.4 is 5.32 Å². The Bertz CT molecular complexity index is 400. The summed E-state index contributed by atoms with van der Waals surface area (Å²) in [6.45, 7) is 1.89. The molecule has 1 aliphatic carbocycles. The van der Waals surface area contributed by atoms with E-state index in [0.717, 1.165) is 18.4 Å². The number of nitrogens with one attached hydrogen (secondary N) is 1. The molecule has 2 rings (SSSR count). The Balaban J connectivity index is 2.08. The fourth-order valence-electron chi connectivity index (χ4n) is 2.90. The van der Waals surface area contributed by atoms with Gasteiger partial charge in [0.15, 0.2) is 0 Å². The fraction of sp³-hybridized carbons (Fsp3) is 0.625. The van der Waals surface area contributed by atoms with Crippen LogP contribution in [-0.4, -0.2) is 17.8 Å². The molecule has 0 heterocycles. The topological polar surface area (TPSA) is 32.3 Å². The molecule has 106 valence electrons. The maximum absolute atomic E-state index is 13.9. The average Bonchev–Trinajstić information content (AvgIpc) is 2.67. The van der Waals surface area contributed by atoms with Crippen LogP contribution in [0.1, 0.15) is 55.7 Å². The van der Waals surface area contributed by atoms with Gasteiger partial charge in [0.2, 0.25) is 0 Å². The van der Waals surface area contributed by atoms with Crippen LogP contribution in [0.5, 0.6) is 0 Å². The summed E-state index contributed by atoms with van der Waals surface area (Å²) in [7, 11) is 0. The van der Waals surface area contributed by atoms with Gasteiger partial charge in [-0.1, -0.05) is 43.4 Å². The lowest BCUT2D eigenvalue weighted by molar-refractivity contribution is 0.225. The monoisotopic (exact) mass is 265 g/mol. The maximum atomic E-state index is 13.9. The Morgan fingerprint density at radius 2 is 1.95 bits per heavy atom. The Labute approximate surface area is 115 Å². The summed E-state index contributed by atoms with van der Waals surface area (Å²) in [5.41, 5.74) is 1.62. The number of benzene rings is 1. The molecular weight excluding hydrogens is 241 g/mol. The molecule has 0 bridgehead atoms. The van der Waals surface area contributed by atoms with Gasteiger partial charge in [-0.3, -0.25) is 0 Å². The van der Waals surface area contributed by atoms with Crippen LogP contribution in [0.15, 0.2) is 18.2 Å². The minimum Gasteiger partial charge on any atom is -0.394 e. The fourth-order valence-corrected chi connectivity index (χ4v) is 2.90. The van der Waals surface area contributed by atoms with Crippen molar-refractivity contribution in [3.05, 3.63) is 35.1 Å². The summed E-state index contributed by atoms with van der Waals surface area (Å²) in [5.74, 6) is -0.231. The smallest absolute Gasteiger partial charge is 0.128 e. The molecule has 1 unspecified atom stereocenters. The Morgan fingerprint density at radius 3 is 2.58 bits per heavy atom. The van der Waals surface area contributed by atoms with Gasteiger partial charge >= 0.3 is 0 Å². The third-order valence-electron chi connectivity index (χ3n) is 4.00. The van der Waals surface area contributed by atoms with E-state index >= 15 is 0 Å². The quantitative estimate of drug-likeness (QED) is 0.817. The maximum Gasteiger partial charge on any atom is 0.128 e.